The van der Waals surface area contributed by atoms with Crippen molar-refractivity contribution in [2.75, 3.05) is 0 Å². The van der Waals surface area contributed by atoms with E-state index in [-0.39, 0.29) is 10.8 Å². The van der Waals surface area contributed by atoms with Crippen LogP contribution in [0.4, 0.5) is 0 Å². The second-order valence-corrected chi connectivity index (χ2v) is 8.50. The predicted octanol–water partition coefficient (Wildman–Crippen LogP) is 6.47. The average Bonchev–Trinajstić information content (AvgIpc) is 2.70. The number of allylic oxidation sites excluding steroid dienone is 5. The number of hydrogen-bond acceptors (Lipinski definition) is 0. The van der Waals surface area contributed by atoms with Crippen LogP contribution in [-0.4, -0.2) is 0 Å². The molecule has 0 bridgehead atoms. The topological polar surface area (TPSA) is 0 Å². The molecule has 0 heteroatoms. The summed E-state index contributed by atoms with van der Waals surface area (Å²) in [6, 6.07) is 6.98. The molecule has 0 atom stereocenters. The van der Waals surface area contributed by atoms with Gasteiger partial charge in [-0.3, -0.25) is 0 Å². The van der Waals surface area contributed by atoms with Crippen LogP contribution in [0.1, 0.15) is 65.2 Å². The minimum absolute atomic E-state index is 0.139. The summed E-state index contributed by atoms with van der Waals surface area (Å²) in [5.41, 5.74) is 8.81. The molecule has 0 aliphatic heterocycles. The van der Waals surface area contributed by atoms with Crippen molar-refractivity contribution in [3.8, 4) is 0 Å². The summed E-state index contributed by atoms with van der Waals surface area (Å²) in [6.07, 6.45) is 5.39. The van der Waals surface area contributed by atoms with Gasteiger partial charge in [0.15, 0.2) is 0 Å². The zero-order valence-electron chi connectivity index (χ0n) is 15.3. The summed E-state index contributed by atoms with van der Waals surface area (Å²) < 4.78 is 0. The molecule has 1 aliphatic rings. The fourth-order valence-corrected chi connectivity index (χ4v) is 3.01. The molecular weight excluding hydrogens is 264 g/mol. The molecule has 1 aromatic carbocycles. The van der Waals surface area contributed by atoms with E-state index in [0.29, 0.717) is 0 Å². The lowest BCUT2D eigenvalue weighted by Gasteiger charge is -2.20. The number of hydrogen-bond donors (Lipinski definition) is 0. The first-order valence-electron chi connectivity index (χ1n) is 8.22. The molecule has 2 rings (SSSR count). The van der Waals surface area contributed by atoms with Gasteiger partial charge in [-0.15, -0.1) is 0 Å². The zero-order valence-corrected chi connectivity index (χ0v) is 15.3. The summed E-state index contributed by atoms with van der Waals surface area (Å²) in [5, 5.41) is 0. The van der Waals surface area contributed by atoms with Gasteiger partial charge in [-0.05, 0) is 57.6 Å². The molecule has 118 valence electrons. The van der Waals surface area contributed by atoms with E-state index in [0.717, 1.165) is 6.42 Å². The molecule has 0 radical (unpaired) electrons. The smallest absolute Gasteiger partial charge is 0.00167 e. The van der Waals surface area contributed by atoms with Crippen molar-refractivity contribution >= 4 is 5.57 Å². The summed E-state index contributed by atoms with van der Waals surface area (Å²) >= 11 is 0. The van der Waals surface area contributed by atoms with Gasteiger partial charge in [0.25, 0.3) is 0 Å². The van der Waals surface area contributed by atoms with Crippen molar-refractivity contribution in [2.24, 2.45) is 5.41 Å². The average molecular weight is 294 g/mol. The van der Waals surface area contributed by atoms with E-state index >= 15 is 0 Å². The summed E-state index contributed by atoms with van der Waals surface area (Å²) in [4.78, 5) is 0. The van der Waals surface area contributed by atoms with Crippen molar-refractivity contribution < 1.29 is 0 Å². The zero-order chi connectivity index (χ0) is 16.7. The Hall–Kier alpha value is -1.56. The molecule has 0 unspecified atom stereocenters. The van der Waals surface area contributed by atoms with Crippen molar-refractivity contribution in [2.45, 2.75) is 60.3 Å². The van der Waals surface area contributed by atoms with E-state index in [9.17, 15) is 0 Å². The third kappa shape index (κ3) is 3.27. The minimum atomic E-state index is 0.139. The van der Waals surface area contributed by atoms with Gasteiger partial charge in [0.1, 0.15) is 0 Å². The predicted molar refractivity (Wildman–Crippen MR) is 99.2 cm³/mol. The summed E-state index contributed by atoms with van der Waals surface area (Å²) in [5.74, 6) is 0. The highest BCUT2D eigenvalue weighted by molar-refractivity contribution is 5.77. The third-order valence-corrected chi connectivity index (χ3v) is 4.65. The van der Waals surface area contributed by atoms with Crippen LogP contribution in [-0.2, 0) is 11.8 Å². The van der Waals surface area contributed by atoms with Crippen LogP contribution in [0.5, 0.6) is 0 Å². The van der Waals surface area contributed by atoms with E-state index in [2.05, 4.69) is 79.3 Å². The van der Waals surface area contributed by atoms with Crippen LogP contribution in [0, 0.1) is 5.41 Å². The molecule has 0 aromatic heterocycles. The van der Waals surface area contributed by atoms with Crippen LogP contribution in [0.2, 0.25) is 0 Å². The molecule has 0 heterocycles. The van der Waals surface area contributed by atoms with E-state index in [1.165, 1.54) is 33.4 Å². The Labute approximate surface area is 136 Å². The first-order chi connectivity index (χ1) is 10.0. The Morgan fingerprint density at radius 3 is 2.23 bits per heavy atom. The molecule has 1 aliphatic carbocycles. The standard InChI is InChI=1S/C22H30/c1-9-18(21(3,4)5)13-16-12-17-14-19(22(6,7)8)10-11-20(17)15(16)2/h9-11,13-14H,1,12H2,2-8H3/b18-13+. The Balaban J connectivity index is 2.42. The molecule has 1 aromatic rings. The lowest BCUT2D eigenvalue weighted by atomic mass is 9.84. The maximum atomic E-state index is 4.00. The lowest BCUT2D eigenvalue weighted by molar-refractivity contribution is 0.517. The fourth-order valence-electron chi connectivity index (χ4n) is 3.01. The van der Waals surface area contributed by atoms with Crippen LogP contribution in [0.25, 0.3) is 5.57 Å². The number of rotatable bonds is 2. The van der Waals surface area contributed by atoms with Gasteiger partial charge in [-0.25, -0.2) is 0 Å². The van der Waals surface area contributed by atoms with Gasteiger partial charge in [0.05, 0.1) is 0 Å². The SMILES string of the molecule is C=C/C(=C\C1=C(C)c2ccc(C(C)(C)C)cc2C1)C(C)(C)C. The molecule has 0 amide bonds. The monoisotopic (exact) mass is 294 g/mol. The highest BCUT2D eigenvalue weighted by Crippen LogP contribution is 2.38. The van der Waals surface area contributed by atoms with Gasteiger partial charge in [0.2, 0.25) is 0 Å². The molecule has 0 fully saturated rings. The van der Waals surface area contributed by atoms with Gasteiger partial charge >= 0.3 is 0 Å². The van der Waals surface area contributed by atoms with Crippen LogP contribution < -0.4 is 0 Å². The van der Waals surface area contributed by atoms with Crippen LogP contribution in [0.3, 0.4) is 0 Å². The Kier molecular flexibility index (Phi) is 4.26. The highest BCUT2D eigenvalue weighted by atomic mass is 14.3. The molecule has 0 nitrogen and oxygen atoms in total. The molecule has 0 spiro atoms. The van der Waals surface area contributed by atoms with Crippen molar-refractivity contribution in [1.29, 1.82) is 0 Å². The summed E-state index contributed by atoms with van der Waals surface area (Å²) in [6.45, 7) is 19.8. The maximum Gasteiger partial charge on any atom is -0.00167 e. The maximum absolute atomic E-state index is 4.00. The molecule has 22 heavy (non-hydrogen) atoms. The second kappa shape index (κ2) is 5.57. The number of benzene rings is 1. The summed E-state index contributed by atoms with van der Waals surface area (Å²) in [7, 11) is 0. The molecule has 0 saturated carbocycles. The van der Waals surface area contributed by atoms with E-state index in [1.807, 2.05) is 6.08 Å². The van der Waals surface area contributed by atoms with E-state index < -0.39 is 0 Å². The Morgan fingerprint density at radius 2 is 1.73 bits per heavy atom. The molecule has 0 N–H and O–H groups in total. The fraction of sp³-hybridized carbons (Fsp3) is 0.455. The minimum Gasteiger partial charge on any atom is -0.0988 e. The first kappa shape index (κ1) is 16.8. The van der Waals surface area contributed by atoms with Gasteiger partial charge in [-0.1, -0.05) is 78.5 Å². The van der Waals surface area contributed by atoms with Gasteiger partial charge in [-0.2, -0.15) is 0 Å². The normalized spacial score (nSPS) is 16.0. The third-order valence-electron chi connectivity index (χ3n) is 4.65. The van der Waals surface area contributed by atoms with Crippen molar-refractivity contribution in [1.82, 2.24) is 0 Å². The second-order valence-electron chi connectivity index (χ2n) is 8.50. The quantitative estimate of drug-likeness (QED) is 0.548. The van der Waals surface area contributed by atoms with Crippen LogP contribution in [0.15, 0.2) is 48.1 Å². The Bertz CT molecular complexity index is 652. The van der Waals surface area contributed by atoms with E-state index in [1.54, 1.807) is 0 Å². The Morgan fingerprint density at radius 1 is 1.09 bits per heavy atom. The molecular formula is C22H30. The first-order valence-corrected chi connectivity index (χ1v) is 8.22. The molecule has 0 saturated heterocycles. The van der Waals surface area contributed by atoms with E-state index in [4.69, 9.17) is 0 Å². The lowest BCUT2D eigenvalue weighted by Crippen LogP contribution is -2.11. The highest BCUT2D eigenvalue weighted by Gasteiger charge is 2.22. The van der Waals surface area contributed by atoms with Gasteiger partial charge < -0.3 is 0 Å². The van der Waals surface area contributed by atoms with Crippen LogP contribution >= 0.6 is 0 Å². The number of fused-ring (bicyclic) bond motifs is 1. The van der Waals surface area contributed by atoms with Crippen molar-refractivity contribution in [3.63, 3.8) is 0 Å². The largest absolute Gasteiger partial charge is 0.0988 e. The van der Waals surface area contributed by atoms with Crippen molar-refractivity contribution in [3.05, 3.63) is 64.8 Å². The van der Waals surface area contributed by atoms with Gasteiger partial charge in [0, 0.05) is 0 Å².